The summed E-state index contributed by atoms with van der Waals surface area (Å²) in [5.41, 5.74) is 2.24. The zero-order valence-electron chi connectivity index (χ0n) is 16.9. The van der Waals surface area contributed by atoms with Crippen molar-refractivity contribution in [2.75, 3.05) is 5.32 Å². The molecule has 2 aromatic carbocycles. The largest absolute Gasteiger partial charge is 0.435 e. The van der Waals surface area contributed by atoms with Crippen molar-refractivity contribution in [3.05, 3.63) is 76.6 Å². The normalized spacial score (nSPS) is 14.7. The summed E-state index contributed by atoms with van der Waals surface area (Å²) in [5.74, 6) is -0.338. The molecule has 1 heterocycles. The molecule has 4 rings (SSSR count). The topological polar surface area (TPSA) is 67.2 Å². The Kier molecular flexibility index (Phi) is 5.58. The van der Waals surface area contributed by atoms with Crippen LogP contribution in [0.1, 0.15) is 58.7 Å². The average Bonchev–Trinajstić information content (AvgIpc) is 3.14. The van der Waals surface area contributed by atoms with Gasteiger partial charge in [0.1, 0.15) is 0 Å². The van der Waals surface area contributed by atoms with E-state index < -0.39 is 18.0 Å². The Bertz CT molecular complexity index is 1080. The van der Waals surface area contributed by atoms with E-state index in [2.05, 4.69) is 10.4 Å². The smallest absolute Gasteiger partial charge is 0.389 e. The first kappa shape index (κ1) is 21.1. The predicted octanol–water partition coefficient (Wildman–Crippen LogP) is 5.08. The number of anilines is 1. The van der Waals surface area contributed by atoms with Crippen LogP contribution in [-0.4, -0.2) is 20.8 Å². The fourth-order valence-electron chi connectivity index (χ4n) is 3.84. The first-order chi connectivity index (χ1) is 14.7. The second kappa shape index (κ2) is 8.19. The number of fused-ring (bicyclic) bond motifs is 1. The first-order valence-corrected chi connectivity index (χ1v) is 10.1. The molecule has 5 nitrogen and oxygen atoms in total. The van der Waals surface area contributed by atoms with Crippen LogP contribution in [-0.2, 0) is 19.0 Å². The van der Waals surface area contributed by atoms with Crippen LogP contribution >= 0.6 is 0 Å². The molecule has 0 fully saturated rings. The Morgan fingerprint density at radius 3 is 2.32 bits per heavy atom. The quantitative estimate of drug-likeness (QED) is 0.608. The Morgan fingerprint density at radius 2 is 1.71 bits per heavy atom. The Morgan fingerprint density at radius 1 is 1.06 bits per heavy atom. The highest BCUT2D eigenvalue weighted by atomic mass is 19.4. The van der Waals surface area contributed by atoms with Gasteiger partial charge in [-0.1, -0.05) is 12.1 Å². The van der Waals surface area contributed by atoms with Crippen molar-refractivity contribution in [1.82, 2.24) is 9.78 Å². The third-order valence-corrected chi connectivity index (χ3v) is 5.47. The summed E-state index contributed by atoms with van der Waals surface area (Å²) < 4.78 is 41.6. The maximum absolute atomic E-state index is 13.4. The number of carbonyl (C=O) groups is 1. The summed E-state index contributed by atoms with van der Waals surface area (Å²) in [6, 6.07) is 13.2. The number of nitrogens with zero attached hydrogens (tertiary/aromatic N) is 2. The van der Waals surface area contributed by atoms with Crippen molar-refractivity contribution in [1.29, 1.82) is 0 Å². The summed E-state index contributed by atoms with van der Waals surface area (Å²) >= 11 is 0. The zero-order valence-corrected chi connectivity index (χ0v) is 16.9. The van der Waals surface area contributed by atoms with Gasteiger partial charge in [-0.05, 0) is 74.6 Å². The fraction of sp³-hybridized carbons (Fsp3) is 0.304. The number of nitrogens with one attached hydrogen (secondary N) is 1. The SMILES string of the molecule is C[C@@H](O)c1ccc(NC(=O)c2ccc(-n3nc(C(F)(F)F)c4c3CCCC4)cc2)cc1. The summed E-state index contributed by atoms with van der Waals surface area (Å²) in [7, 11) is 0. The molecular weight excluding hydrogens is 407 g/mol. The monoisotopic (exact) mass is 429 g/mol. The molecular formula is C23H22F3N3O2. The molecule has 8 heteroatoms. The van der Waals surface area contributed by atoms with Gasteiger partial charge >= 0.3 is 6.18 Å². The molecule has 0 radical (unpaired) electrons. The highest BCUT2D eigenvalue weighted by Crippen LogP contribution is 2.36. The van der Waals surface area contributed by atoms with Gasteiger partial charge in [-0.3, -0.25) is 4.79 Å². The van der Waals surface area contributed by atoms with Gasteiger partial charge in [0, 0.05) is 22.5 Å². The second-order valence-electron chi connectivity index (χ2n) is 7.69. The van der Waals surface area contributed by atoms with E-state index in [1.807, 2.05) is 0 Å². The third kappa shape index (κ3) is 4.34. The van der Waals surface area contributed by atoms with E-state index in [-0.39, 0.29) is 11.5 Å². The van der Waals surface area contributed by atoms with E-state index in [9.17, 15) is 23.1 Å². The molecule has 0 bridgehead atoms. The van der Waals surface area contributed by atoms with Gasteiger partial charge in [-0.15, -0.1) is 0 Å². The van der Waals surface area contributed by atoms with Crippen molar-refractivity contribution in [2.45, 2.75) is 44.9 Å². The van der Waals surface area contributed by atoms with Gasteiger partial charge in [0.05, 0.1) is 11.8 Å². The Hall–Kier alpha value is -3.13. The number of benzene rings is 2. The van der Waals surface area contributed by atoms with Crippen molar-refractivity contribution in [3.63, 3.8) is 0 Å². The van der Waals surface area contributed by atoms with Gasteiger partial charge in [0.15, 0.2) is 5.69 Å². The van der Waals surface area contributed by atoms with Gasteiger partial charge < -0.3 is 10.4 Å². The van der Waals surface area contributed by atoms with Crippen molar-refractivity contribution < 1.29 is 23.1 Å². The molecule has 0 spiro atoms. The maximum Gasteiger partial charge on any atom is 0.435 e. The number of carbonyl (C=O) groups excluding carboxylic acids is 1. The van der Waals surface area contributed by atoms with E-state index in [0.29, 0.717) is 35.5 Å². The Labute approximate surface area is 177 Å². The summed E-state index contributed by atoms with van der Waals surface area (Å²) in [6.07, 6.45) is -2.62. The van der Waals surface area contributed by atoms with E-state index in [1.165, 1.54) is 4.68 Å². The third-order valence-electron chi connectivity index (χ3n) is 5.47. The molecule has 0 saturated heterocycles. The van der Waals surface area contributed by atoms with E-state index in [1.54, 1.807) is 55.5 Å². The lowest BCUT2D eigenvalue weighted by Crippen LogP contribution is -2.12. The van der Waals surface area contributed by atoms with Gasteiger partial charge in [0.25, 0.3) is 5.91 Å². The number of aromatic nitrogens is 2. The van der Waals surface area contributed by atoms with Gasteiger partial charge in [0.2, 0.25) is 0 Å². The minimum Gasteiger partial charge on any atom is -0.389 e. The Balaban J connectivity index is 1.56. The van der Waals surface area contributed by atoms with Crippen LogP contribution in [0.2, 0.25) is 0 Å². The molecule has 1 aliphatic rings. The minimum atomic E-state index is -4.49. The number of aliphatic hydroxyl groups excluding tert-OH is 1. The fourth-order valence-corrected chi connectivity index (χ4v) is 3.84. The number of alkyl halides is 3. The lowest BCUT2D eigenvalue weighted by molar-refractivity contribution is -0.142. The average molecular weight is 429 g/mol. The number of halogens is 3. The molecule has 2 N–H and O–H groups in total. The standard InChI is InChI=1S/C23H22F3N3O2/c1-14(30)15-6-10-17(11-7-15)27-22(31)16-8-12-18(13-9-16)29-20-5-3-2-4-19(20)21(28-29)23(24,25)26/h6-14,30H,2-5H2,1H3,(H,27,31)/t14-/m1/s1. The van der Waals surface area contributed by atoms with E-state index in [0.717, 1.165) is 18.4 Å². The molecule has 1 aliphatic carbocycles. The molecule has 162 valence electrons. The number of hydrogen-bond acceptors (Lipinski definition) is 3. The van der Waals surface area contributed by atoms with Crippen LogP contribution in [0.5, 0.6) is 0 Å². The molecule has 1 atom stereocenters. The van der Waals surface area contributed by atoms with Gasteiger partial charge in [-0.2, -0.15) is 18.3 Å². The summed E-state index contributed by atoms with van der Waals surface area (Å²) in [6.45, 7) is 1.66. The second-order valence-corrected chi connectivity index (χ2v) is 7.69. The van der Waals surface area contributed by atoms with Crippen LogP contribution in [0.4, 0.5) is 18.9 Å². The van der Waals surface area contributed by atoms with Crippen LogP contribution in [0.15, 0.2) is 48.5 Å². The lowest BCUT2D eigenvalue weighted by Gasteiger charge is -2.15. The zero-order chi connectivity index (χ0) is 22.2. The van der Waals surface area contributed by atoms with Crippen LogP contribution in [0.3, 0.4) is 0 Å². The molecule has 0 unspecified atom stereocenters. The molecule has 0 saturated carbocycles. The molecule has 3 aromatic rings. The molecule has 1 aromatic heterocycles. The minimum absolute atomic E-state index is 0.279. The summed E-state index contributed by atoms with van der Waals surface area (Å²) in [4.78, 5) is 12.5. The number of rotatable bonds is 4. The van der Waals surface area contributed by atoms with Crippen LogP contribution in [0.25, 0.3) is 5.69 Å². The number of hydrogen-bond donors (Lipinski definition) is 2. The molecule has 31 heavy (non-hydrogen) atoms. The maximum atomic E-state index is 13.4. The number of aliphatic hydroxyl groups is 1. The molecule has 1 amide bonds. The van der Waals surface area contributed by atoms with E-state index in [4.69, 9.17) is 0 Å². The highest BCUT2D eigenvalue weighted by Gasteiger charge is 2.39. The van der Waals surface area contributed by atoms with Crippen LogP contribution < -0.4 is 5.32 Å². The van der Waals surface area contributed by atoms with Crippen molar-refractivity contribution in [2.24, 2.45) is 0 Å². The lowest BCUT2D eigenvalue weighted by atomic mass is 9.95. The molecule has 0 aliphatic heterocycles. The highest BCUT2D eigenvalue weighted by molar-refractivity contribution is 6.04. The van der Waals surface area contributed by atoms with Crippen molar-refractivity contribution >= 4 is 11.6 Å². The summed E-state index contributed by atoms with van der Waals surface area (Å²) in [5, 5.41) is 16.2. The van der Waals surface area contributed by atoms with E-state index >= 15 is 0 Å². The van der Waals surface area contributed by atoms with Gasteiger partial charge in [-0.25, -0.2) is 4.68 Å². The van der Waals surface area contributed by atoms with Crippen molar-refractivity contribution in [3.8, 4) is 5.69 Å². The first-order valence-electron chi connectivity index (χ1n) is 10.1. The number of amides is 1. The van der Waals surface area contributed by atoms with Crippen LogP contribution in [0, 0.1) is 0 Å². The predicted molar refractivity (Wildman–Crippen MR) is 110 cm³/mol.